The van der Waals surface area contributed by atoms with Gasteiger partial charge < -0.3 is 0 Å². The van der Waals surface area contributed by atoms with E-state index in [9.17, 15) is 18.0 Å². The lowest BCUT2D eigenvalue weighted by Crippen LogP contribution is -2.53. The maximum Gasteiger partial charge on any atom is 0.253 e. The molecule has 1 aliphatic rings. The largest absolute Gasteiger partial charge is 0.294 e. The van der Waals surface area contributed by atoms with E-state index in [4.69, 9.17) is 11.6 Å². The summed E-state index contributed by atoms with van der Waals surface area (Å²) in [5, 5.41) is 2.30. The van der Waals surface area contributed by atoms with Crippen molar-refractivity contribution in [2.75, 3.05) is 13.1 Å². The fraction of sp³-hybridized carbons (Fsp3) is 0.250. The molecule has 0 spiro atoms. The maximum absolute atomic E-state index is 12.2. The van der Waals surface area contributed by atoms with Gasteiger partial charge in [0.2, 0.25) is 11.8 Å². The maximum atomic E-state index is 12.2. The van der Waals surface area contributed by atoms with Gasteiger partial charge in [0, 0.05) is 0 Å². The molecular weight excluding hydrogens is 368 g/mol. The predicted octanol–water partition coefficient (Wildman–Crippen LogP) is 0.811. The van der Waals surface area contributed by atoms with Crippen molar-refractivity contribution in [3.05, 3.63) is 14.9 Å². The second-order valence-electron chi connectivity index (χ2n) is 3.43. The van der Waals surface area contributed by atoms with Crippen LogP contribution in [0, 0.1) is 0 Å². The molecule has 0 unspecified atom stereocenters. The molecule has 1 N–H and O–H groups in total. The Balaban J connectivity index is 2.36. The lowest BCUT2D eigenvalue weighted by atomic mass is 10.4. The van der Waals surface area contributed by atoms with Crippen molar-refractivity contribution < 1.29 is 18.0 Å². The topological polar surface area (TPSA) is 83.6 Å². The van der Waals surface area contributed by atoms with E-state index < -0.39 is 21.8 Å². The number of piperazine rings is 1. The Kier molecular flexibility index (Phi) is 3.79. The summed E-state index contributed by atoms with van der Waals surface area (Å²) in [6.45, 7) is -0.748. The van der Waals surface area contributed by atoms with Crippen LogP contribution in [0.1, 0.15) is 0 Å². The summed E-state index contributed by atoms with van der Waals surface area (Å²) in [5.41, 5.74) is 0. The Morgan fingerprint density at radius 3 is 2.33 bits per heavy atom. The highest BCUT2D eigenvalue weighted by Gasteiger charge is 2.34. The summed E-state index contributed by atoms with van der Waals surface area (Å²) in [7, 11) is -3.87. The number of hydrogen-bond donors (Lipinski definition) is 1. The number of hydrogen-bond acceptors (Lipinski definition) is 5. The molecular formula is C8H6BrClN2O4S2. The van der Waals surface area contributed by atoms with Gasteiger partial charge >= 0.3 is 0 Å². The van der Waals surface area contributed by atoms with E-state index in [1.165, 1.54) is 6.07 Å². The van der Waals surface area contributed by atoms with Crippen LogP contribution in [0.5, 0.6) is 0 Å². The Morgan fingerprint density at radius 1 is 1.33 bits per heavy atom. The smallest absolute Gasteiger partial charge is 0.253 e. The highest BCUT2D eigenvalue weighted by molar-refractivity contribution is 9.11. The number of sulfonamides is 1. The average molecular weight is 374 g/mol. The number of imide groups is 1. The molecule has 6 nitrogen and oxygen atoms in total. The second-order valence-corrected chi connectivity index (χ2v) is 8.37. The number of rotatable bonds is 2. The number of nitrogens with zero attached hydrogens (tertiary/aromatic N) is 1. The third-order valence-electron chi connectivity index (χ3n) is 2.14. The summed E-state index contributed by atoms with van der Waals surface area (Å²) in [5.74, 6) is -1.28. The first-order valence-electron chi connectivity index (χ1n) is 4.58. The summed E-state index contributed by atoms with van der Waals surface area (Å²) in [6, 6.07) is 1.28. The number of carbonyl (C=O) groups excluding carboxylic acids is 2. The highest BCUT2D eigenvalue weighted by Crippen LogP contribution is 2.35. The van der Waals surface area contributed by atoms with E-state index in [1.807, 2.05) is 5.32 Å². The molecule has 0 saturated carbocycles. The molecule has 2 heterocycles. The van der Waals surface area contributed by atoms with Crippen LogP contribution in [0.3, 0.4) is 0 Å². The zero-order chi connectivity index (χ0) is 13.5. The van der Waals surface area contributed by atoms with Crippen molar-refractivity contribution in [3.8, 4) is 0 Å². The molecule has 18 heavy (non-hydrogen) atoms. The van der Waals surface area contributed by atoms with E-state index >= 15 is 0 Å². The molecule has 98 valence electrons. The molecule has 1 aromatic rings. The van der Waals surface area contributed by atoms with Gasteiger partial charge in [0.25, 0.3) is 10.0 Å². The lowest BCUT2D eigenvalue weighted by molar-refractivity contribution is -0.134. The second kappa shape index (κ2) is 4.89. The minimum Gasteiger partial charge on any atom is -0.294 e. The molecule has 1 aromatic heterocycles. The van der Waals surface area contributed by atoms with Crippen LogP contribution >= 0.6 is 38.9 Å². The van der Waals surface area contributed by atoms with Crippen molar-refractivity contribution in [1.82, 2.24) is 9.62 Å². The first kappa shape index (κ1) is 13.9. The van der Waals surface area contributed by atoms with Crippen molar-refractivity contribution in [2.45, 2.75) is 4.21 Å². The quantitative estimate of drug-likeness (QED) is 0.778. The number of carbonyl (C=O) groups is 2. The van der Waals surface area contributed by atoms with Gasteiger partial charge in [0.15, 0.2) is 0 Å². The number of halogens is 2. The zero-order valence-electron chi connectivity index (χ0n) is 8.64. The highest BCUT2D eigenvalue weighted by atomic mass is 79.9. The predicted molar refractivity (Wildman–Crippen MR) is 68.9 cm³/mol. The molecule has 1 saturated heterocycles. The van der Waals surface area contributed by atoms with Gasteiger partial charge in [-0.25, -0.2) is 8.42 Å². The first-order chi connectivity index (χ1) is 8.30. The average Bonchev–Trinajstić information content (AvgIpc) is 2.58. The standard InChI is InChI=1S/C8H6BrClN2O4S2/c9-8-4(10)1-7(17-8)18(15,16)12-2-5(13)11-6(14)3-12/h1H,2-3H2,(H,11,13,14). The van der Waals surface area contributed by atoms with E-state index in [2.05, 4.69) is 15.9 Å². The van der Waals surface area contributed by atoms with Crippen molar-refractivity contribution in [1.29, 1.82) is 0 Å². The van der Waals surface area contributed by atoms with Crippen LogP contribution in [0.2, 0.25) is 5.02 Å². The van der Waals surface area contributed by atoms with Crippen LogP contribution in [-0.2, 0) is 19.6 Å². The van der Waals surface area contributed by atoms with E-state index in [0.29, 0.717) is 3.79 Å². The summed E-state index contributed by atoms with van der Waals surface area (Å²) < 4.78 is 25.6. The number of thiophene rings is 1. The van der Waals surface area contributed by atoms with Gasteiger partial charge in [0.1, 0.15) is 4.21 Å². The van der Waals surface area contributed by atoms with Gasteiger partial charge in [-0.1, -0.05) is 11.6 Å². The van der Waals surface area contributed by atoms with Gasteiger partial charge in [-0.2, -0.15) is 4.31 Å². The lowest BCUT2D eigenvalue weighted by Gasteiger charge is -2.23. The SMILES string of the molecule is O=C1CN(S(=O)(=O)c2cc(Cl)c(Br)s2)CC(=O)N1. The van der Waals surface area contributed by atoms with E-state index in [0.717, 1.165) is 15.6 Å². The molecule has 0 radical (unpaired) electrons. The number of nitrogens with one attached hydrogen (secondary N) is 1. The van der Waals surface area contributed by atoms with Crippen LogP contribution in [-0.4, -0.2) is 37.6 Å². The normalized spacial score (nSPS) is 17.9. The molecule has 0 aromatic carbocycles. The summed E-state index contributed by atoms with van der Waals surface area (Å²) in [6.07, 6.45) is 0. The molecule has 2 amide bonds. The molecule has 1 fully saturated rings. The van der Waals surface area contributed by atoms with Crippen molar-refractivity contribution >= 4 is 60.7 Å². The zero-order valence-corrected chi connectivity index (χ0v) is 12.6. The van der Waals surface area contributed by atoms with Gasteiger partial charge in [-0.3, -0.25) is 14.9 Å². The first-order valence-corrected chi connectivity index (χ1v) is 8.01. The summed E-state index contributed by atoms with van der Waals surface area (Å²) in [4.78, 5) is 22.3. The molecule has 0 aliphatic carbocycles. The molecule has 1 aliphatic heterocycles. The van der Waals surface area contributed by atoms with Crippen molar-refractivity contribution in [3.63, 3.8) is 0 Å². The van der Waals surface area contributed by atoms with Gasteiger partial charge in [-0.05, 0) is 22.0 Å². The Bertz CT molecular complexity index is 592. The van der Waals surface area contributed by atoms with Crippen LogP contribution in [0.25, 0.3) is 0 Å². The minimum atomic E-state index is -3.87. The van der Waals surface area contributed by atoms with E-state index in [1.54, 1.807) is 0 Å². The number of amides is 2. The van der Waals surface area contributed by atoms with E-state index in [-0.39, 0.29) is 22.3 Å². The Labute approximate surface area is 120 Å². The molecule has 0 atom stereocenters. The monoisotopic (exact) mass is 372 g/mol. The Morgan fingerprint density at radius 2 is 1.89 bits per heavy atom. The molecule has 2 rings (SSSR count). The third-order valence-corrected chi connectivity index (χ3v) is 6.85. The Hall–Kier alpha value is -0.480. The van der Waals surface area contributed by atoms with Gasteiger partial charge in [0.05, 0.1) is 21.9 Å². The van der Waals surface area contributed by atoms with Crippen molar-refractivity contribution in [2.24, 2.45) is 0 Å². The van der Waals surface area contributed by atoms with Crippen LogP contribution < -0.4 is 5.32 Å². The fourth-order valence-electron chi connectivity index (χ4n) is 1.36. The van der Waals surface area contributed by atoms with Crippen LogP contribution in [0.15, 0.2) is 14.1 Å². The fourth-order valence-corrected chi connectivity index (χ4v) is 5.27. The molecule has 10 heteroatoms. The van der Waals surface area contributed by atoms with Gasteiger partial charge in [-0.15, -0.1) is 11.3 Å². The summed E-state index contributed by atoms with van der Waals surface area (Å²) >= 11 is 9.81. The molecule has 0 bridgehead atoms. The van der Waals surface area contributed by atoms with Crippen LogP contribution in [0.4, 0.5) is 0 Å². The minimum absolute atomic E-state index is 0.0122. The third kappa shape index (κ3) is 2.59.